The molecule has 2 heteroatoms. The summed E-state index contributed by atoms with van der Waals surface area (Å²) in [5.41, 5.74) is 0.701. The summed E-state index contributed by atoms with van der Waals surface area (Å²) in [6.45, 7) is 6.58. The average molecular weight is 128 g/mol. The van der Waals surface area contributed by atoms with Crippen LogP contribution in [0.3, 0.4) is 0 Å². The molecule has 0 aliphatic rings. The third kappa shape index (κ3) is 1.13. The Labute approximate surface area is 59.3 Å². The van der Waals surface area contributed by atoms with Crippen molar-refractivity contribution in [3.8, 4) is 12.3 Å². The topological polar surface area (TPSA) is 17.2 Å². The molecule has 0 bridgehead atoms. The quantitative estimate of drug-likeness (QED) is 0.383. The second-order valence-electron chi connectivity index (χ2n) is 1.66. The summed E-state index contributed by atoms with van der Waals surface area (Å²) in [6, 6.07) is 3.29. The van der Waals surface area contributed by atoms with E-state index in [0.717, 1.165) is 0 Å². The Balaban J connectivity index is 3.08. The van der Waals surface area contributed by atoms with Gasteiger partial charge in [0, 0.05) is 0 Å². The number of nitrogens with zero attached hydrogens (tertiary/aromatic N) is 2. The van der Waals surface area contributed by atoms with Gasteiger partial charge in [0.05, 0.1) is 5.56 Å². The van der Waals surface area contributed by atoms with Gasteiger partial charge in [-0.3, -0.25) is 0 Å². The van der Waals surface area contributed by atoms with Crippen LogP contribution in [0.2, 0.25) is 0 Å². The van der Waals surface area contributed by atoms with E-state index in [4.69, 9.17) is 13.0 Å². The van der Waals surface area contributed by atoms with Crippen LogP contribution in [0.5, 0.6) is 0 Å². The molecule has 0 N–H and O–H groups in total. The molecular weight excluding hydrogens is 124 g/mol. The van der Waals surface area contributed by atoms with Gasteiger partial charge in [-0.25, -0.2) is 0 Å². The van der Waals surface area contributed by atoms with Crippen molar-refractivity contribution in [3.63, 3.8) is 0 Å². The number of hydrogen-bond acceptors (Lipinski definition) is 1. The summed E-state index contributed by atoms with van der Waals surface area (Å²) in [4.78, 5) is 6.89. The zero-order chi connectivity index (χ0) is 7.40. The Morgan fingerprint density at radius 3 is 2.80 bits per heavy atom. The molecule has 0 unspecified atom stereocenters. The van der Waals surface area contributed by atoms with Crippen LogP contribution >= 0.6 is 0 Å². The van der Waals surface area contributed by atoms with Gasteiger partial charge in [-0.05, 0) is 6.07 Å². The average Bonchev–Trinajstić information content (AvgIpc) is 2.05. The monoisotopic (exact) mass is 128 g/mol. The normalized spacial score (nSPS) is 7.80. The number of hydrogen-bond donors (Lipinski definition) is 0. The first-order valence-corrected chi connectivity index (χ1v) is 2.67. The zero-order valence-electron chi connectivity index (χ0n) is 5.20. The predicted octanol–water partition coefficient (Wildman–Crippen LogP) is 1.61. The van der Waals surface area contributed by atoms with E-state index in [0.29, 0.717) is 11.4 Å². The molecule has 0 fully saturated rings. The molecule has 1 heterocycles. The fourth-order valence-electron chi connectivity index (χ4n) is 0.538. The first-order valence-electron chi connectivity index (χ1n) is 2.67. The fraction of sp³-hybridized carbons (Fsp3) is 0. The Kier molecular flexibility index (Phi) is 1.68. The minimum absolute atomic E-state index is 0.374. The van der Waals surface area contributed by atoms with Crippen LogP contribution in [0.15, 0.2) is 18.3 Å². The van der Waals surface area contributed by atoms with Crippen molar-refractivity contribution in [1.29, 1.82) is 0 Å². The zero-order valence-corrected chi connectivity index (χ0v) is 5.20. The molecular formula is C8H4N2. The Morgan fingerprint density at radius 2 is 2.40 bits per heavy atom. The molecule has 46 valence electrons. The molecule has 0 amide bonds. The van der Waals surface area contributed by atoms with Crippen molar-refractivity contribution in [3.05, 3.63) is 35.3 Å². The van der Waals surface area contributed by atoms with E-state index in [-0.39, 0.29) is 0 Å². The van der Waals surface area contributed by atoms with Gasteiger partial charge in [0.15, 0.2) is 0 Å². The summed E-state index contributed by atoms with van der Waals surface area (Å²) in [7, 11) is 0. The molecule has 10 heavy (non-hydrogen) atoms. The number of aromatic nitrogens is 1. The molecule has 0 saturated heterocycles. The minimum atomic E-state index is 0.374. The molecule has 1 rings (SSSR count). The van der Waals surface area contributed by atoms with E-state index >= 15 is 0 Å². The van der Waals surface area contributed by atoms with Crippen molar-refractivity contribution in [2.24, 2.45) is 0 Å². The molecule has 0 aromatic carbocycles. The van der Waals surface area contributed by atoms with Crippen molar-refractivity contribution in [2.75, 3.05) is 0 Å². The second-order valence-corrected chi connectivity index (χ2v) is 1.66. The number of pyridine rings is 1. The van der Waals surface area contributed by atoms with Crippen LogP contribution in [0.25, 0.3) is 4.85 Å². The van der Waals surface area contributed by atoms with Gasteiger partial charge in [0.25, 0.3) is 5.82 Å². The van der Waals surface area contributed by atoms with Crippen LogP contribution in [-0.4, -0.2) is 4.98 Å². The molecule has 0 aliphatic carbocycles. The minimum Gasteiger partial charge on any atom is -0.361 e. The highest BCUT2D eigenvalue weighted by molar-refractivity contribution is 5.40. The predicted molar refractivity (Wildman–Crippen MR) is 38.4 cm³/mol. The smallest absolute Gasteiger partial charge is 0.269 e. The number of terminal acetylenes is 1. The van der Waals surface area contributed by atoms with Crippen LogP contribution in [0.4, 0.5) is 5.82 Å². The molecule has 0 spiro atoms. The van der Waals surface area contributed by atoms with Crippen molar-refractivity contribution >= 4 is 5.82 Å². The van der Waals surface area contributed by atoms with Crippen LogP contribution in [0, 0.1) is 18.9 Å². The van der Waals surface area contributed by atoms with Crippen LogP contribution < -0.4 is 0 Å². The molecule has 1 aromatic heterocycles. The summed E-state index contributed by atoms with van der Waals surface area (Å²) in [5, 5.41) is 0. The van der Waals surface area contributed by atoms with Crippen molar-refractivity contribution < 1.29 is 0 Å². The molecule has 0 atom stereocenters. The van der Waals surface area contributed by atoms with Crippen LogP contribution in [0.1, 0.15) is 5.56 Å². The fourth-order valence-corrected chi connectivity index (χ4v) is 0.538. The maximum atomic E-state index is 6.58. The van der Waals surface area contributed by atoms with E-state index in [1.54, 1.807) is 12.1 Å². The Morgan fingerprint density at radius 1 is 1.60 bits per heavy atom. The summed E-state index contributed by atoms with van der Waals surface area (Å²) in [5.74, 6) is 2.79. The maximum absolute atomic E-state index is 6.58. The lowest BCUT2D eigenvalue weighted by molar-refractivity contribution is 1.34. The lowest BCUT2D eigenvalue weighted by Crippen LogP contribution is -1.74. The molecule has 2 nitrogen and oxygen atoms in total. The van der Waals surface area contributed by atoms with Gasteiger partial charge in [0.2, 0.25) is 0 Å². The molecule has 1 aromatic rings. The molecule has 0 radical (unpaired) electrons. The highest BCUT2D eigenvalue weighted by Gasteiger charge is 1.90. The highest BCUT2D eigenvalue weighted by Crippen LogP contribution is 2.06. The largest absolute Gasteiger partial charge is 0.361 e. The van der Waals surface area contributed by atoms with Gasteiger partial charge < -0.3 is 4.85 Å². The van der Waals surface area contributed by atoms with E-state index in [1.807, 2.05) is 0 Å². The van der Waals surface area contributed by atoms with Crippen molar-refractivity contribution in [1.82, 2.24) is 4.98 Å². The first-order chi connectivity index (χ1) is 4.86. The summed E-state index contributed by atoms with van der Waals surface area (Å²) < 4.78 is 0. The van der Waals surface area contributed by atoms with Crippen LogP contribution in [-0.2, 0) is 0 Å². The van der Waals surface area contributed by atoms with E-state index in [1.165, 1.54) is 6.20 Å². The van der Waals surface area contributed by atoms with E-state index in [2.05, 4.69) is 15.7 Å². The molecule has 0 aliphatic heterocycles. The summed E-state index contributed by atoms with van der Waals surface area (Å²) >= 11 is 0. The van der Waals surface area contributed by atoms with Gasteiger partial charge >= 0.3 is 0 Å². The maximum Gasteiger partial charge on any atom is 0.269 e. The van der Waals surface area contributed by atoms with E-state index < -0.39 is 0 Å². The standard InChI is InChI=1S/C8H4N2/c1-3-7-4-5-8(9-2)10-6-7/h1,4-6H. The van der Waals surface area contributed by atoms with Gasteiger partial charge in [0.1, 0.15) is 6.20 Å². The second kappa shape index (κ2) is 2.66. The molecule has 0 saturated carbocycles. The van der Waals surface area contributed by atoms with Crippen molar-refractivity contribution in [2.45, 2.75) is 0 Å². The highest BCUT2D eigenvalue weighted by atomic mass is 14.8. The van der Waals surface area contributed by atoms with Gasteiger partial charge in [-0.1, -0.05) is 18.6 Å². The first kappa shape index (κ1) is 6.32. The summed E-state index contributed by atoms with van der Waals surface area (Å²) in [6.07, 6.45) is 6.58. The Bertz CT molecular complexity index is 265. The third-order valence-corrected chi connectivity index (χ3v) is 1.03. The van der Waals surface area contributed by atoms with Gasteiger partial charge in [-0.2, -0.15) is 0 Å². The third-order valence-electron chi connectivity index (χ3n) is 1.03. The van der Waals surface area contributed by atoms with Gasteiger partial charge in [-0.15, -0.1) is 11.4 Å². The lowest BCUT2D eigenvalue weighted by atomic mass is 10.3. The Hall–Kier alpha value is -1.80. The number of rotatable bonds is 0. The SMILES string of the molecule is [C-]#[N+]c1ccc(C#C)cn1. The van der Waals surface area contributed by atoms with E-state index in [9.17, 15) is 0 Å². The lowest BCUT2D eigenvalue weighted by Gasteiger charge is -1.85.